The summed E-state index contributed by atoms with van der Waals surface area (Å²) in [6.45, 7) is 3.98. The van der Waals surface area contributed by atoms with Crippen LogP contribution in [0, 0.1) is 13.8 Å². The van der Waals surface area contributed by atoms with Crippen molar-refractivity contribution < 1.29 is 9.59 Å². The monoisotopic (exact) mass is 266 g/mol. The van der Waals surface area contributed by atoms with Crippen molar-refractivity contribution in [3.63, 3.8) is 0 Å². The van der Waals surface area contributed by atoms with Gasteiger partial charge in [0.15, 0.2) is 5.78 Å². The van der Waals surface area contributed by atoms with Crippen molar-refractivity contribution in [2.75, 3.05) is 0 Å². The van der Waals surface area contributed by atoms with E-state index in [1.165, 1.54) is 0 Å². The highest BCUT2D eigenvalue weighted by Gasteiger charge is 2.12. The predicted molar refractivity (Wildman–Crippen MR) is 80.0 cm³/mol. The van der Waals surface area contributed by atoms with Crippen molar-refractivity contribution >= 4 is 11.6 Å². The lowest BCUT2D eigenvalue weighted by Gasteiger charge is -2.03. The van der Waals surface area contributed by atoms with Gasteiger partial charge in [-0.1, -0.05) is 59.7 Å². The number of rotatable bonds is 5. The van der Waals surface area contributed by atoms with Gasteiger partial charge in [-0.3, -0.25) is 9.59 Å². The van der Waals surface area contributed by atoms with Gasteiger partial charge in [0.2, 0.25) is 0 Å². The molecule has 0 spiro atoms. The molecule has 2 nitrogen and oxygen atoms in total. The topological polar surface area (TPSA) is 34.1 Å². The Morgan fingerprint density at radius 1 is 0.800 bits per heavy atom. The number of ketones is 2. The number of carbonyl (C=O) groups excluding carboxylic acids is 2. The Hall–Kier alpha value is -2.22. The highest BCUT2D eigenvalue weighted by molar-refractivity contribution is 6.08. The summed E-state index contributed by atoms with van der Waals surface area (Å²) in [6.07, 6.45) is 0.287. The Labute approximate surface area is 119 Å². The van der Waals surface area contributed by atoms with Crippen LogP contribution < -0.4 is 0 Å². The highest BCUT2D eigenvalue weighted by atomic mass is 16.1. The first-order chi connectivity index (χ1) is 9.54. The van der Waals surface area contributed by atoms with Crippen LogP contribution in [0.2, 0.25) is 0 Å². The SMILES string of the molecule is Cc1ccc(CC(=O)CC(=O)c2ccc(C)cc2)cc1. The van der Waals surface area contributed by atoms with E-state index < -0.39 is 0 Å². The van der Waals surface area contributed by atoms with Crippen molar-refractivity contribution in [3.8, 4) is 0 Å². The number of hydrogen-bond donors (Lipinski definition) is 0. The van der Waals surface area contributed by atoms with Crippen molar-refractivity contribution in [2.24, 2.45) is 0 Å². The van der Waals surface area contributed by atoms with Crippen LogP contribution in [0.5, 0.6) is 0 Å². The summed E-state index contributed by atoms with van der Waals surface area (Å²) >= 11 is 0. The van der Waals surface area contributed by atoms with Crippen molar-refractivity contribution in [1.82, 2.24) is 0 Å². The molecule has 0 aromatic heterocycles. The van der Waals surface area contributed by atoms with Gasteiger partial charge in [0.25, 0.3) is 0 Å². The summed E-state index contributed by atoms with van der Waals surface area (Å²) < 4.78 is 0. The second-order valence-corrected chi connectivity index (χ2v) is 5.17. The molecule has 0 fully saturated rings. The van der Waals surface area contributed by atoms with Crippen molar-refractivity contribution in [1.29, 1.82) is 0 Å². The maximum absolute atomic E-state index is 12.0. The van der Waals surface area contributed by atoms with E-state index in [1.54, 1.807) is 12.1 Å². The third-order valence-corrected chi connectivity index (χ3v) is 3.25. The maximum Gasteiger partial charge on any atom is 0.170 e. The van der Waals surface area contributed by atoms with Gasteiger partial charge in [-0.15, -0.1) is 0 Å². The molecule has 2 aromatic rings. The average Bonchev–Trinajstić information content (AvgIpc) is 2.42. The Morgan fingerprint density at radius 3 is 1.85 bits per heavy atom. The number of Topliss-reactive ketones (excluding diaryl/α,β-unsaturated/α-hetero) is 2. The standard InChI is InChI=1S/C18H18O2/c1-13-3-7-15(8-4-13)11-17(19)12-18(20)16-9-5-14(2)6-10-16/h3-10H,11-12H2,1-2H3. The summed E-state index contributed by atoms with van der Waals surface area (Å²) in [5, 5.41) is 0. The minimum absolute atomic E-state index is 0.0308. The zero-order chi connectivity index (χ0) is 14.5. The van der Waals surface area contributed by atoms with Crippen LogP contribution in [-0.2, 0) is 11.2 Å². The fourth-order valence-electron chi connectivity index (χ4n) is 2.02. The first kappa shape index (κ1) is 14.2. The largest absolute Gasteiger partial charge is 0.299 e. The lowest BCUT2D eigenvalue weighted by molar-refractivity contribution is -0.117. The van der Waals surface area contributed by atoms with Crippen LogP contribution in [-0.4, -0.2) is 11.6 Å². The molecule has 0 aliphatic heterocycles. The molecule has 102 valence electrons. The zero-order valence-corrected chi connectivity index (χ0v) is 11.8. The van der Waals surface area contributed by atoms with Gasteiger partial charge in [0.05, 0.1) is 6.42 Å². The predicted octanol–water partition coefficient (Wildman–Crippen LogP) is 3.69. The maximum atomic E-state index is 12.0. The normalized spacial score (nSPS) is 10.3. The van der Waals surface area contributed by atoms with E-state index in [2.05, 4.69) is 0 Å². The lowest BCUT2D eigenvalue weighted by atomic mass is 10.0. The van der Waals surface area contributed by atoms with Gasteiger partial charge in [0, 0.05) is 12.0 Å². The van der Waals surface area contributed by atoms with Gasteiger partial charge in [0.1, 0.15) is 5.78 Å². The van der Waals surface area contributed by atoms with E-state index in [9.17, 15) is 9.59 Å². The van der Waals surface area contributed by atoms with Gasteiger partial charge < -0.3 is 0 Å². The second-order valence-electron chi connectivity index (χ2n) is 5.17. The Balaban J connectivity index is 1.95. The van der Waals surface area contributed by atoms with Crippen molar-refractivity contribution in [2.45, 2.75) is 26.7 Å². The summed E-state index contributed by atoms with van der Waals surface area (Å²) in [4.78, 5) is 23.9. The van der Waals surface area contributed by atoms with E-state index in [-0.39, 0.29) is 18.0 Å². The molecule has 0 unspecified atom stereocenters. The molecule has 0 atom stereocenters. The molecule has 0 amide bonds. The number of carbonyl (C=O) groups is 2. The van der Waals surface area contributed by atoms with Crippen LogP contribution in [0.4, 0.5) is 0 Å². The van der Waals surface area contributed by atoms with E-state index in [0.29, 0.717) is 12.0 Å². The molecule has 2 rings (SSSR count). The van der Waals surface area contributed by atoms with Crippen LogP contribution >= 0.6 is 0 Å². The molecule has 0 N–H and O–H groups in total. The fraction of sp³-hybridized carbons (Fsp3) is 0.222. The number of aryl methyl sites for hydroxylation is 2. The molecule has 0 aliphatic carbocycles. The first-order valence-corrected chi connectivity index (χ1v) is 6.72. The van der Waals surface area contributed by atoms with Gasteiger partial charge in [-0.25, -0.2) is 0 Å². The van der Waals surface area contributed by atoms with E-state index >= 15 is 0 Å². The number of benzene rings is 2. The number of hydrogen-bond acceptors (Lipinski definition) is 2. The highest BCUT2D eigenvalue weighted by Crippen LogP contribution is 2.09. The summed E-state index contributed by atoms with van der Waals surface area (Å²) in [6, 6.07) is 15.1. The molecule has 20 heavy (non-hydrogen) atoms. The van der Waals surface area contributed by atoms with Crippen LogP contribution in [0.25, 0.3) is 0 Å². The minimum Gasteiger partial charge on any atom is -0.299 e. The Morgan fingerprint density at radius 2 is 1.30 bits per heavy atom. The van der Waals surface area contributed by atoms with E-state index in [4.69, 9.17) is 0 Å². The van der Waals surface area contributed by atoms with Gasteiger partial charge in [-0.2, -0.15) is 0 Å². The molecule has 0 aliphatic rings. The molecular weight excluding hydrogens is 248 g/mol. The second kappa shape index (κ2) is 6.29. The summed E-state index contributed by atoms with van der Waals surface area (Å²) in [5.74, 6) is -0.151. The molecular formula is C18H18O2. The third kappa shape index (κ3) is 3.89. The zero-order valence-electron chi connectivity index (χ0n) is 11.8. The Bertz CT molecular complexity index is 607. The minimum atomic E-state index is -0.109. The van der Waals surface area contributed by atoms with Crippen LogP contribution in [0.1, 0.15) is 33.5 Å². The first-order valence-electron chi connectivity index (χ1n) is 6.72. The summed E-state index contributed by atoms with van der Waals surface area (Å²) in [7, 11) is 0. The fourth-order valence-corrected chi connectivity index (χ4v) is 2.02. The third-order valence-electron chi connectivity index (χ3n) is 3.25. The average molecular weight is 266 g/mol. The summed E-state index contributed by atoms with van der Waals surface area (Å²) in [5.41, 5.74) is 3.83. The smallest absolute Gasteiger partial charge is 0.170 e. The van der Waals surface area contributed by atoms with Crippen LogP contribution in [0.15, 0.2) is 48.5 Å². The Kier molecular flexibility index (Phi) is 4.46. The quantitative estimate of drug-likeness (QED) is 0.611. The lowest BCUT2D eigenvalue weighted by Crippen LogP contribution is -2.10. The van der Waals surface area contributed by atoms with E-state index in [0.717, 1.165) is 16.7 Å². The van der Waals surface area contributed by atoms with Gasteiger partial charge >= 0.3 is 0 Å². The molecule has 2 heteroatoms. The van der Waals surface area contributed by atoms with Crippen molar-refractivity contribution in [3.05, 3.63) is 70.8 Å². The molecule has 0 heterocycles. The molecule has 0 saturated heterocycles. The molecule has 0 bridgehead atoms. The molecule has 0 saturated carbocycles. The van der Waals surface area contributed by atoms with E-state index in [1.807, 2.05) is 50.2 Å². The molecule has 0 radical (unpaired) electrons. The van der Waals surface area contributed by atoms with Gasteiger partial charge in [-0.05, 0) is 19.4 Å². The van der Waals surface area contributed by atoms with Crippen LogP contribution in [0.3, 0.4) is 0 Å². The molecule has 2 aromatic carbocycles.